The summed E-state index contributed by atoms with van der Waals surface area (Å²) in [6.45, 7) is 6.51. The minimum Gasteiger partial charge on any atom is -0.478 e. The molecular weight excluding hydrogens is 548 g/mol. The predicted octanol–water partition coefficient (Wildman–Crippen LogP) is 1.99. The largest absolute Gasteiger partial charge is 0.478 e. The van der Waals surface area contributed by atoms with Crippen molar-refractivity contribution in [2.45, 2.75) is 45.1 Å². The fourth-order valence-electron chi connectivity index (χ4n) is 4.07. The molecule has 3 aromatic heterocycles. The Morgan fingerprint density at radius 3 is 2.69 bits per heavy atom. The topological polar surface area (TPSA) is 186 Å². The number of carboxylic acids is 1. The summed E-state index contributed by atoms with van der Waals surface area (Å²) in [6.07, 6.45) is 3.48. The van der Waals surface area contributed by atoms with Crippen molar-refractivity contribution in [1.29, 1.82) is 0 Å². The molecule has 3 aromatic rings. The van der Waals surface area contributed by atoms with Crippen molar-refractivity contribution in [3.8, 4) is 0 Å². The minimum absolute atomic E-state index is 0.0131. The number of amides is 1. The van der Waals surface area contributed by atoms with Gasteiger partial charge >= 0.3 is 16.3 Å². The van der Waals surface area contributed by atoms with E-state index in [1.807, 2.05) is 26.2 Å². The molecule has 1 aliphatic heterocycles. The number of carboxylic acid groups (broad SMARTS) is 1. The Balaban J connectivity index is 1.72. The standard InChI is InChI=1S/C24H28N6O7S2/c1-24(2,3)17-13-38-23(26-17)28-21(33)14-8-10-30-18(11-14)27-20(16(22(30)34)6-7-19(31)32)29-9-4-5-15(12-29)37-39(25,35)36/h6-8,10-11,13,15H,4-5,9,12H2,1-3H3,(H,31,32)(H2,25,35,36)(H,26,28,33)/t15-/m1/s1. The molecule has 208 valence electrons. The summed E-state index contributed by atoms with van der Waals surface area (Å²) in [4.78, 5) is 48.2. The minimum atomic E-state index is -4.20. The first kappa shape index (κ1) is 28.4. The average molecular weight is 577 g/mol. The highest BCUT2D eigenvalue weighted by atomic mass is 32.2. The average Bonchev–Trinajstić information content (AvgIpc) is 3.31. The number of nitrogens with one attached hydrogen (secondary N) is 1. The van der Waals surface area contributed by atoms with Crippen molar-refractivity contribution in [3.63, 3.8) is 0 Å². The van der Waals surface area contributed by atoms with Crippen LogP contribution in [0.5, 0.6) is 0 Å². The Morgan fingerprint density at radius 1 is 1.31 bits per heavy atom. The third-order valence-corrected chi connectivity index (χ3v) is 7.24. The van der Waals surface area contributed by atoms with Crippen LogP contribution in [0, 0.1) is 0 Å². The van der Waals surface area contributed by atoms with Gasteiger partial charge in [-0.05, 0) is 31.1 Å². The van der Waals surface area contributed by atoms with Crippen LogP contribution < -0.4 is 20.9 Å². The number of fused-ring (bicyclic) bond motifs is 1. The van der Waals surface area contributed by atoms with E-state index in [2.05, 4.69) is 15.3 Å². The van der Waals surface area contributed by atoms with E-state index in [-0.39, 0.29) is 34.6 Å². The highest BCUT2D eigenvalue weighted by Crippen LogP contribution is 2.27. The molecule has 4 heterocycles. The van der Waals surface area contributed by atoms with Crippen LogP contribution in [0.3, 0.4) is 0 Å². The van der Waals surface area contributed by atoms with Gasteiger partial charge in [0.15, 0.2) is 5.13 Å². The smallest absolute Gasteiger partial charge is 0.333 e. The molecule has 0 radical (unpaired) electrons. The molecule has 4 N–H and O–H groups in total. The lowest BCUT2D eigenvalue weighted by Crippen LogP contribution is -2.43. The van der Waals surface area contributed by atoms with Gasteiger partial charge < -0.3 is 10.0 Å². The zero-order chi connectivity index (χ0) is 28.5. The van der Waals surface area contributed by atoms with Crippen LogP contribution >= 0.6 is 11.3 Å². The zero-order valence-corrected chi connectivity index (χ0v) is 23.1. The van der Waals surface area contributed by atoms with Crippen molar-refractivity contribution in [2.75, 3.05) is 23.3 Å². The van der Waals surface area contributed by atoms with Crippen LogP contribution in [0.15, 0.2) is 34.6 Å². The summed E-state index contributed by atoms with van der Waals surface area (Å²) in [5.41, 5.74) is 0.447. The van der Waals surface area contributed by atoms with Crippen molar-refractivity contribution in [1.82, 2.24) is 14.4 Å². The van der Waals surface area contributed by atoms with E-state index >= 15 is 0 Å². The molecule has 0 bridgehead atoms. The van der Waals surface area contributed by atoms with Gasteiger partial charge in [0.25, 0.3) is 11.5 Å². The van der Waals surface area contributed by atoms with Crippen molar-refractivity contribution >= 4 is 56.2 Å². The van der Waals surface area contributed by atoms with Gasteiger partial charge in [0, 0.05) is 41.7 Å². The highest BCUT2D eigenvalue weighted by Gasteiger charge is 2.27. The van der Waals surface area contributed by atoms with Gasteiger partial charge in [-0.25, -0.2) is 19.9 Å². The van der Waals surface area contributed by atoms with Crippen LogP contribution in [0.4, 0.5) is 10.9 Å². The Morgan fingerprint density at radius 2 is 2.05 bits per heavy atom. The molecule has 0 spiro atoms. The maximum atomic E-state index is 13.4. The quantitative estimate of drug-likeness (QED) is 0.351. The summed E-state index contributed by atoms with van der Waals surface area (Å²) in [6, 6.07) is 2.89. The molecule has 1 saturated heterocycles. The molecule has 1 atom stereocenters. The number of rotatable bonds is 7. The number of nitrogens with two attached hydrogens (primary N) is 1. The maximum absolute atomic E-state index is 13.4. The molecule has 1 aliphatic rings. The molecule has 0 unspecified atom stereocenters. The normalized spacial score (nSPS) is 16.6. The van der Waals surface area contributed by atoms with E-state index in [0.717, 1.165) is 17.8 Å². The Hall–Kier alpha value is -3.66. The fraction of sp³-hybridized carbons (Fsp3) is 0.375. The number of pyridine rings is 1. The molecule has 0 saturated carbocycles. The number of carbonyl (C=O) groups is 2. The van der Waals surface area contributed by atoms with Crippen LogP contribution in [0.25, 0.3) is 11.7 Å². The van der Waals surface area contributed by atoms with Gasteiger partial charge in [-0.1, -0.05) is 20.8 Å². The summed E-state index contributed by atoms with van der Waals surface area (Å²) < 4.78 is 29.0. The van der Waals surface area contributed by atoms with Crippen LogP contribution in [-0.2, 0) is 24.7 Å². The van der Waals surface area contributed by atoms with E-state index < -0.39 is 33.8 Å². The molecule has 39 heavy (non-hydrogen) atoms. The van der Waals surface area contributed by atoms with Gasteiger partial charge in [0.2, 0.25) is 0 Å². The fourth-order valence-corrected chi connectivity index (χ4v) is 5.54. The number of nitrogens with zero attached hydrogens (tertiary/aromatic N) is 4. The number of anilines is 2. The molecule has 4 rings (SSSR count). The van der Waals surface area contributed by atoms with Crippen molar-refractivity contribution in [3.05, 3.63) is 57.0 Å². The molecule has 13 nitrogen and oxygen atoms in total. The van der Waals surface area contributed by atoms with Gasteiger partial charge in [0.1, 0.15) is 11.5 Å². The van der Waals surface area contributed by atoms with E-state index in [1.54, 1.807) is 4.90 Å². The third kappa shape index (κ3) is 6.86. The SMILES string of the molecule is CC(C)(C)c1csc(NC(=O)c2ccn3c(=O)c(C=CC(=O)O)c(N4CCC[C@@H](OS(N)(=O)=O)C4)nc3c2)n1. The second-order valence-electron chi connectivity index (χ2n) is 10.0. The molecule has 0 aromatic carbocycles. The number of thiazole rings is 1. The third-order valence-electron chi connectivity index (χ3n) is 5.94. The molecule has 15 heteroatoms. The zero-order valence-electron chi connectivity index (χ0n) is 21.4. The maximum Gasteiger partial charge on any atom is 0.333 e. The Labute approximate surface area is 228 Å². The second-order valence-corrected chi connectivity index (χ2v) is 12.0. The Bertz CT molecular complexity index is 1620. The lowest BCUT2D eigenvalue weighted by molar-refractivity contribution is -0.131. The number of aliphatic carboxylic acids is 1. The Kier molecular flexibility index (Phi) is 7.88. The summed E-state index contributed by atoms with van der Waals surface area (Å²) in [5, 5.41) is 19.2. The highest BCUT2D eigenvalue weighted by molar-refractivity contribution is 7.84. The number of carbonyl (C=O) groups excluding carboxylic acids is 1. The van der Waals surface area contributed by atoms with Crippen LogP contribution in [0.2, 0.25) is 0 Å². The first-order valence-corrected chi connectivity index (χ1v) is 14.3. The van der Waals surface area contributed by atoms with Crippen LogP contribution in [0.1, 0.15) is 55.2 Å². The first-order chi connectivity index (χ1) is 18.2. The first-order valence-electron chi connectivity index (χ1n) is 11.9. The van der Waals surface area contributed by atoms with Gasteiger partial charge in [0.05, 0.1) is 17.4 Å². The van der Waals surface area contributed by atoms with Crippen LogP contribution in [-0.4, -0.2) is 59.0 Å². The summed E-state index contributed by atoms with van der Waals surface area (Å²) >= 11 is 1.30. The van der Waals surface area contributed by atoms with Gasteiger partial charge in [-0.15, -0.1) is 11.3 Å². The molecule has 1 amide bonds. The predicted molar refractivity (Wildman–Crippen MR) is 146 cm³/mol. The number of hydrogen-bond acceptors (Lipinski definition) is 10. The monoisotopic (exact) mass is 576 g/mol. The van der Waals surface area contributed by atoms with E-state index in [0.29, 0.717) is 24.5 Å². The molecular formula is C24H28N6O7S2. The summed E-state index contributed by atoms with van der Waals surface area (Å²) in [7, 11) is -4.20. The second kappa shape index (κ2) is 10.8. The van der Waals surface area contributed by atoms with Crippen molar-refractivity contribution in [2.24, 2.45) is 5.14 Å². The lowest BCUT2D eigenvalue weighted by Gasteiger charge is -2.33. The number of hydrogen-bond donors (Lipinski definition) is 3. The van der Waals surface area contributed by atoms with Gasteiger partial charge in [-0.2, -0.15) is 8.42 Å². The van der Waals surface area contributed by atoms with Gasteiger partial charge in [-0.3, -0.25) is 23.5 Å². The molecule has 1 fully saturated rings. The van der Waals surface area contributed by atoms with E-state index in [1.165, 1.54) is 34.1 Å². The van der Waals surface area contributed by atoms with E-state index in [4.69, 9.17) is 14.4 Å². The van der Waals surface area contributed by atoms with E-state index in [9.17, 15) is 22.8 Å². The number of piperidine rings is 1. The molecule has 0 aliphatic carbocycles. The number of aromatic nitrogens is 3. The lowest BCUT2D eigenvalue weighted by atomic mass is 9.93. The summed E-state index contributed by atoms with van der Waals surface area (Å²) in [5.74, 6) is -1.58. The van der Waals surface area contributed by atoms with Crippen molar-refractivity contribution < 1.29 is 27.3 Å².